The molecule has 184 valence electrons. The highest BCUT2D eigenvalue weighted by Gasteiger charge is 2.26. The molecular weight excluding hydrogens is 550 g/mol. The van der Waals surface area contributed by atoms with E-state index in [-0.39, 0.29) is 11.8 Å². The number of carbonyl (C=O) groups is 2. The maximum absolute atomic E-state index is 13.1. The largest absolute Gasteiger partial charge is 0.326 e. The van der Waals surface area contributed by atoms with E-state index in [9.17, 15) is 9.59 Å². The number of carbonyl (C=O) groups excluding carboxylic acids is 2. The maximum atomic E-state index is 13.1. The smallest absolute Gasteiger partial charge is 0.249 e. The summed E-state index contributed by atoms with van der Waals surface area (Å²) in [7, 11) is 0. The highest BCUT2D eigenvalue weighted by Crippen LogP contribution is 2.29. The average molecular weight is 573 g/mol. The fourth-order valence-electron chi connectivity index (χ4n) is 4.24. The quantitative estimate of drug-likeness (QED) is 0.270. The zero-order valence-electron chi connectivity index (χ0n) is 19.7. The van der Waals surface area contributed by atoms with Crippen LogP contribution < -0.4 is 10.6 Å². The number of hydrogen-bond acceptors (Lipinski definition) is 3. The molecule has 0 saturated heterocycles. The fourth-order valence-corrected chi connectivity index (χ4v) is 4.67. The van der Waals surface area contributed by atoms with Crippen molar-refractivity contribution in [1.82, 2.24) is 0 Å². The Balaban J connectivity index is 1.43. The first-order valence-corrected chi connectivity index (χ1v) is 13.0. The lowest BCUT2D eigenvalue weighted by Gasteiger charge is -2.12. The van der Waals surface area contributed by atoms with Gasteiger partial charge in [0.25, 0.3) is 0 Å². The topological polar surface area (TPSA) is 70.6 Å². The summed E-state index contributed by atoms with van der Waals surface area (Å²) < 4.78 is 0.976. The minimum Gasteiger partial charge on any atom is -0.326 e. The molecule has 0 fully saturated rings. The second-order valence-corrected chi connectivity index (χ2v) is 10.1. The molecule has 0 aromatic heterocycles. The SMILES string of the molecule is O=C(Cc1ccccc1)Nc1ccc(C2=NC(Cc3ccc(Br)cc3)C(=O)Nc3cc(Cl)ccc32)cc1. The normalized spacial score (nSPS) is 14.7. The lowest BCUT2D eigenvalue weighted by atomic mass is 10.00. The Bertz CT molecular complexity index is 1470. The van der Waals surface area contributed by atoms with Crippen molar-refractivity contribution < 1.29 is 9.59 Å². The Kier molecular flexibility index (Phi) is 7.49. The molecule has 1 aliphatic heterocycles. The first kappa shape index (κ1) is 24.9. The summed E-state index contributed by atoms with van der Waals surface area (Å²) in [5.41, 5.74) is 5.58. The molecule has 1 atom stereocenters. The lowest BCUT2D eigenvalue weighted by molar-refractivity contribution is -0.117. The van der Waals surface area contributed by atoms with Crippen LogP contribution >= 0.6 is 27.5 Å². The summed E-state index contributed by atoms with van der Waals surface area (Å²) in [6.45, 7) is 0. The molecule has 5 nitrogen and oxygen atoms in total. The minimum absolute atomic E-state index is 0.0879. The number of anilines is 2. The van der Waals surface area contributed by atoms with Crippen molar-refractivity contribution in [3.8, 4) is 0 Å². The van der Waals surface area contributed by atoms with E-state index in [1.165, 1.54) is 0 Å². The number of nitrogens with zero attached hydrogens (tertiary/aromatic N) is 1. The summed E-state index contributed by atoms with van der Waals surface area (Å²) in [5, 5.41) is 6.48. The molecule has 5 rings (SSSR count). The second kappa shape index (κ2) is 11.1. The number of halogens is 2. The van der Waals surface area contributed by atoms with Crippen LogP contribution in [0.5, 0.6) is 0 Å². The van der Waals surface area contributed by atoms with E-state index < -0.39 is 6.04 Å². The summed E-state index contributed by atoms with van der Waals surface area (Å²) in [6.07, 6.45) is 0.757. The number of rotatable bonds is 6. The molecule has 2 amide bonds. The first-order valence-electron chi connectivity index (χ1n) is 11.8. The molecule has 4 aromatic rings. The number of nitrogens with one attached hydrogen (secondary N) is 2. The zero-order valence-corrected chi connectivity index (χ0v) is 22.1. The van der Waals surface area contributed by atoms with Gasteiger partial charge in [-0.1, -0.05) is 82.1 Å². The highest BCUT2D eigenvalue weighted by molar-refractivity contribution is 9.10. The molecule has 0 radical (unpaired) electrons. The third-order valence-electron chi connectivity index (χ3n) is 6.07. The van der Waals surface area contributed by atoms with Crippen molar-refractivity contribution in [2.24, 2.45) is 4.99 Å². The van der Waals surface area contributed by atoms with Crippen LogP contribution in [0, 0.1) is 0 Å². The van der Waals surface area contributed by atoms with E-state index in [0.29, 0.717) is 35.0 Å². The van der Waals surface area contributed by atoms with Gasteiger partial charge >= 0.3 is 0 Å². The standard InChI is InChI=1S/C30H23BrClN3O2/c31-22-10-6-20(7-11-22)16-27-30(37)35-26-18-23(32)12-15-25(26)29(34-27)21-8-13-24(14-9-21)33-28(36)17-19-4-2-1-3-5-19/h1-15,18,27H,16-17H2,(H,33,36)(H,35,37). The zero-order chi connectivity index (χ0) is 25.8. The molecule has 4 aromatic carbocycles. The molecule has 2 N–H and O–H groups in total. The van der Waals surface area contributed by atoms with Gasteiger partial charge in [0, 0.05) is 32.7 Å². The molecule has 1 unspecified atom stereocenters. The van der Waals surface area contributed by atoms with Crippen molar-refractivity contribution in [3.05, 3.63) is 129 Å². The predicted molar refractivity (Wildman–Crippen MR) is 153 cm³/mol. The number of benzodiazepines with no additional fused rings is 1. The van der Waals surface area contributed by atoms with E-state index >= 15 is 0 Å². The Morgan fingerprint density at radius 3 is 2.38 bits per heavy atom. The second-order valence-electron chi connectivity index (χ2n) is 8.79. The van der Waals surface area contributed by atoms with Crippen LogP contribution in [0.2, 0.25) is 5.02 Å². The van der Waals surface area contributed by atoms with Crippen LogP contribution in [0.3, 0.4) is 0 Å². The van der Waals surface area contributed by atoms with Gasteiger partial charge in [0.15, 0.2) is 0 Å². The molecule has 7 heteroatoms. The summed E-state index contributed by atoms with van der Waals surface area (Å²) in [5.74, 6) is -0.277. The van der Waals surface area contributed by atoms with Crippen molar-refractivity contribution >= 4 is 56.4 Å². The third kappa shape index (κ3) is 6.16. The van der Waals surface area contributed by atoms with E-state index in [4.69, 9.17) is 16.6 Å². The van der Waals surface area contributed by atoms with Crippen LogP contribution in [0.15, 0.2) is 107 Å². The van der Waals surface area contributed by atoms with Crippen LogP contribution in [-0.4, -0.2) is 23.6 Å². The summed E-state index contributed by atoms with van der Waals surface area (Å²) in [6, 6.07) is 29.8. The third-order valence-corrected chi connectivity index (χ3v) is 6.84. The van der Waals surface area contributed by atoms with Crippen LogP contribution in [0.25, 0.3) is 0 Å². The van der Waals surface area contributed by atoms with Gasteiger partial charge in [-0.2, -0.15) is 0 Å². The molecule has 0 saturated carbocycles. The first-order chi connectivity index (χ1) is 17.9. The highest BCUT2D eigenvalue weighted by atomic mass is 79.9. The van der Waals surface area contributed by atoms with Gasteiger partial charge < -0.3 is 10.6 Å². The number of amides is 2. The van der Waals surface area contributed by atoms with E-state index in [1.807, 2.05) is 84.9 Å². The number of benzene rings is 4. The van der Waals surface area contributed by atoms with Gasteiger partial charge in [-0.15, -0.1) is 0 Å². The van der Waals surface area contributed by atoms with Crippen LogP contribution in [0.4, 0.5) is 11.4 Å². The minimum atomic E-state index is -0.618. The van der Waals surface area contributed by atoms with Gasteiger partial charge in [0.1, 0.15) is 6.04 Å². The van der Waals surface area contributed by atoms with Gasteiger partial charge in [-0.3, -0.25) is 14.6 Å². The van der Waals surface area contributed by atoms with E-state index in [2.05, 4.69) is 26.6 Å². The van der Waals surface area contributed by atoms with Crippen molar-refractivity contribution in [3.63, 3.8) is 0 Å². The molecular formula is C30H23BrClN3O2. The Morgan fingerprint density at radius 1 is 0.919 bits per heavy atom. The maximum Gasteiger partial charge on any atom is 0.249 e. The molecule has 0 aliphatic carbocycles. The van der Waals surface area contributed by atoms with Gasteiger partial charge in [-0.25, -0.2) is 0 Å². The molecule has 0 spiro atoms. The Labute approximate surface area is 228 Å². The van der Waals surface area contributed by atoms with Crippen molar-refractivity contribution in [2.75, 3.05) is 10.6 Å². The van der Waals surface area contributed by atoms with Gasteiger partial charge in [-0.05, 0) is 53.6 Å². The van der Waals surface area contributed by atoms with Gasteiger partial charge in [0.2, 0.25) is 11.8 Å². The number of fused-ring (bicyclic) bond motifs is 1. The Morgan fingerprint density at radius 2 is 1.65 bits per heavy atom. The Hall–Kier alpha value is -3.74. The van der Waals surface area contributed by atoms with E-state index in [0.717, 1.165) is 26.7 Å². The van der Waals surface area contributed by atoms with Crippen molar-refractivity contribution in [1.29, 1.82) is 0 Å². The molecule has 0 bridgehead atoms. The summed E-state index contributed by atoms with van der Waals surface area (Å²) >= 11 is 9.70. The molecule has 37 heavy (non-hydrogen) atoms. The monoisotopic (exact) mass is 571 g/mol. The van der Waals surface area contributed by atoms with Crippen molar-refractivity contribution in [2.45, 2.75) is 18.9 Å². The fraction of sp³-hybridized carbons (Fsp3) is 0.100. The molecule has 1 heterocycles. The van der Waals surface area contributed by atoms with Crippen LogP contribution in [-0.2, 0) is 22.4 Å². The number of aliphatic imine (C=N–C) groups is 1. The van der Waals surface area contributed by atoms with E-state index in [1.54, 1.807) is 12.1 Å². The lowest BCUT2D eigenvalue weighted by Crippen LogP contribution is -2.27. The van der Waals surface area contributed by atoms with Gasteiger partial charge in [0.05, 0.1) is 17.8 Å². The summed E-state index contributed by atoms with van der Waals surface area (Å²) in [4.78, 5) is 30.6. The average Bonchev–Trinajstić information content (AvgIpc) is 3.02. The number of hydrogen-bond donors (Lipinski definition) is 2. The predicted octanol–water partition coefficient (Wildman–Crippen LogP) is 6.68. The molecule has 1 aliphatic rings. The van der Waals surface area contributed by atoms with Crippen LogP contribution in [0.1, 0.15) is 22.3 Å².